The minimum absolute atomic E-state index is 0.200. The van der Waals surface area contributed by atoms with Gasteiger partial charge in [-0.3, -0.25) is 4.79 Å². The van der Waals surface area contributed by atoms with E-state index in [-0.39, 0.29) is 5.91 Å². The fraction of sp³-hybridized carbons (Fsp3) is 0.200. The minimum atomic E-state index is -0.828. The molecule has 0 N–H and O–H groups in total. The van der Waals surface area contributed by atoms with Crippen molar-refractivity contribution in [1.29, 1.82) is 0 Å². The molecule has 0 spiro atoms. The SMILES string of the molecule is C[C@@H](OC(=O)/C=C/c1cccc(Br)c1)C(=O)N1CCc2ccccc21. The van der Waals surface area contributed by atoms with E-state index in [9.17, 15) is 9.59 Å². The van der Waals surface area contributed by atoms with Crippen molar-refractivity contribution in [3.8, 4) is 0 Å². The molecule has 128 valence electrons. The highest BCUT2D eigenvalue weighted by atomic mass is 79.9. The van der Waals surface area contributed by atoms with Crippen molar-refractivity contribution in [2.24, 2.45) is 0 Å². The Labute approximate surface area is 155 Å². The van der Waals surface area contributed by atoms with Gasteiger partial charge in [-0.15, -0.1) is 0 Å². The van der Waals surface area contributed by atoms with Crippen LogP contribution in [0.15, 0.2) is 59.1 Å². The Bertz CT molecular complexity index is 831. The number of ether oxygens (including phenoxy) is 1. The molecule has 0 unspecified atom stereocenters. The van der Waals surface area contributed by atoms with Crippen LogP contribution in [0.25, 0.3) is 6.08 Å². The minimum Gasteiger partial charge on any atom is -0.449 e. The fourth-order valence-electron chi connectivity index (χ4n) is 2.83. The van der Waals surface area contributed by atoms with E-state index < -0.39 is 12.1 Å². The lowest BCUT2D eigenvalue weighted by atomic mass is 10.2. The predicted octanol–water partition coefficient (Wildman–Crippen LogP) is 3.98. The number of esters is 1. The van der Waals surface area contributed by atoms with Gasteiger partial charge in [0, 0.05) is 22.8 Å². The van der Waals surface area contributed by atoms with Gasteiger partial charge in [-0.05, 0) is 48.7 Å². The van der Waals surface area contributed by atoms with Gasteiger partial charge in [0.15, 0.2) is 6.10 Å². The van der Waals surface area contributed by atoms with E-state index in [2.05, 4.69) is 15.9 Å². The molecular formula is C20H18BrNO3. The summed E-state index contributed by atoms with van der Waals surface area (Å²) >= 11 is 3.38. The highest BCUT2D eigenvalue weighted by Gasteiger charge is 2.29. The average molecular weight is 400 g/mol. The second kappa shape index (κ2) is 7.66. The summed E-state index contributed by atoms with van der Waals surface area (Å²) in [7, 11) is 0. The first-order valence-electron chi connectivity index (χ1n) is 8.08. The Morgan fingerprint density at radius 3 is 2.80 bits per heavy atom. The number of rotatable bonds is 4. The molecule has 3 rings (SSSR count). The van der Waals surface area contributed by atoms with Gasteiger partial charge in [-0.2, -0.15) is 0 Å². The number of halogens is 1. The zero-order valence-corrected chi connectivity index (χ0v) is 15.4. The van der Waals surface area contributed by atoms with E-state index >= 15 is 0 Å². The fourth-order valence-corrected chi connectivity index (χ4v) is 3.24. The molecule has 0 bridgehead atoms. The van der Waals surface area contributed by atoms with Gasteiger partial charge < -0.3 is 9.64 Å². The molecular weight excluding hydrogens is 382 g/mol. The van der Waals surface area contributed by atoms with Gasteiger partial charge in [0.2, 0.25) is 0 Å². The first-order chi connectivity index (χ1) is 12.0. The zero-order valence-electron chi connectivity index (χ0n) is 13.8. The monoisotopic (exact) mass is 399 g/mol. The summed E-state index contributed by atoms with van der Waals surface area (Å²) in [6.07, 6.45) is 3.00. The van der Waals surface area contributed by atoms with Crippen molar-refractivity contribution in [2.75, 3.05) is 11.4 Å². The number of hydrogen-bond donors (Lipinski definition) is 0. The van der Waals surface area contributed by atoms with Crippen LogP contribution in [0.5, 0.6) is 0 Å². The third kappa shape index (κ3) is 4.17. The number of benzene rings is 2. The Morgan fingerprint density at radius 1 is 1.20 bits per heavy atom. The molecule has 0 radical (unpaired) electrons. The van der Waals surface area contributed by atoms with Crippen LogP contribution in [0, 0.1) is 0 Å². The lowest BCUT2D eigenvalue weighted by molar-refractivity contribution is -0.149. The highest BCUT2D eigenvalue weighted by Crippen LogP contribution is 2.28. The van der Waals surface area contributed by atoms with Gasteiger partial charge in [0.25, 0.3) is 5.91 Å². The molecule has 0 saturated carbocycles. The Kier molecular flexibility index (Phi) is 5.34. The lowest BCUT2D eigenvalue weighted by Crippen LogP contribution is -2.38. The number of carbonyl (C=O) groups is 2. The smallest absolute Gasteiger partial charge is 0.331 e. The van der Waals surface area contributed by atoms with Crippen molar-refractivity contribution in [2.45, 2.75) is 19.4 Å². The van der Waals surface area contributed by atoms with E-state index in [4.69, 9.17) is 4.74 Å². The maximum absolute atomic E-state index is 12.6. The quantitative estimate of drug-likeness (QED) is 0.576. The number of anilines is 1. The summed E-state index contributed by atoms with van der Waals surface area (Å²) in [5.41, 5.74) is 2.92. The van der Waals surface area contributed by atoms with Crippen LogP contribution in [-0.2, 0) is 20.7 Å². The van der Waals surface area contributed by atoms with E-state index in [1.54, 1.807) is 17.9 Å². The van der Waals surface area contributed by atoms with Gasteiger partial charge in [-0.1, -0.05) is 46.3 Å². The Morgan fingerprint density at radius 2 is 2.00 bits per heavy atom. The first kappa shape index (κ1) is 17.4. The van der Waals surface area contributed by atoms with Crippen molar-refractivity contribution in [1.82, 2.24) is 0 Å². The molecule has 1 aliphatic heterocycles. The van der Waals surface area contributed by atoms with Crippen LogP contribution >= 0.6 is 15.9 Å². The van der Waals surface area contributed by atoms with Gasteiger partial charge >= 0.3 is 5.97 Å². The van der Waals surface area contributed by atoms with Gasteiger partial charge in [0.05, 0.1) is 0 Å². The predicted molar refractivity (Wildman–Crippen MR) is 101 cm³/mol. The van der Waals surface area contributed by atoms with Crippen molar-refractivity contribution in [3.63, 3.8) is 0 Å². The standard InChI is InChI=1S/C20H18BrNO3/c1-14(20(24)22-12-11-16-6-2-3-8-18(16)22)25-19(23)10-9-15-5-4-7-17(21)13-15/h2-10,13-14H,11-12H2,1H3/b10-9+/t14-/m1/s1. The summed E-state index contributed by atoms with van der Waals surface area (Å²) in [5.74, 6) is -0.734. The molecule has 5 heteroatoms. The molecule has 4 nitrogen and oxygen atoms in total. The van der Waals surface area contributed by atoms with E-state index in [0.29, 0.717) is 6.54 Å². The summed E-state index contributed by atoms with van der Waals surface area (Å²) in [6.45, 7) is 2.22. The Hall–Kier alpha value is -2.40. The average Bonchev–Trinajstić information content (AvgIpc) is 3.03. The number of carbonyl (C=O) groups excluding carboxylic acids is 2. The molecule has 0 fully saturated rings. The molecule has 0 saturated heterocycles. The summed E-state index contributed by atoms with van der Waals surface area (Å²) in [5, 5.41) is 0. The summed E-state index contributed by atoms with van der Waals surface area (Å²) in [6, 6.07) is 15.4. The number of hydrogen-bond acceptors (Lipinski definition) is 3. The van der Waals surface area contributed by atoms with E-state index in [0.717, 1.165) is 27.7 Å². The summed E-state index contributed by atoms with van der Waals surface area (Å²) in [4.78, 5) is 26.3. The van der Waals surface area contributed by atoms with Gasteiger partial charge in [-0.25, -0.2) is 4.79 Å². The topological polar surface area (TPSA) is 46.6 Å². The van der Waals surface area contributed by atoms with Crippen LogP contribution in [0.2, 0.25) is 0 Å². The van der Waals surface area contributed by atoms with E-state index in [1.165, 1.54) is 6.08 Å². The van der Waals surface area contributed by atoms with Gasteiger partial charge in [0.1, 0.15) is 0 Å². The number of amides is 1. The largest absolute Gasteiger partial charge is 0.449 e. The lowest BCUT2D eigenvalue weighted by Gasteiger charge is -2.21. The second-order valence-corrected chi connectivity index (χ2v) is 6.75. The molecule has 25 heavy (non-hydrogen) atoms. The molecule has 0 aliphatic carbocycles. The van der Waals surface area contributed by atoms with Crippen LogP contribution in [0.4, 0.5) is 5.69 Å². The molecule has 1 atom stereocenters. The molecule has 2 aromatic rings. The number of fused-ring (bicyclic) bond motifs is 1. The van der Waals surface area contributed by atoms with Crippen molar-refractivity contribution in [3.05, 3.63) is 70.2 Å². The molecule has 1 aliphatic rings. The van der Waals surface area contributed by atoms with Crippen LogP contribution in [0.3, 0.4) is 0 Å². The number of para-hydroxylation sites is 1. The third-order valence-corrected chi connectivity index (χ3v) is 4.55. The molecule has 1 heterocycles. The van der Waals surface area contributed by atoms with Crippen molar-refractivity contribution < 1.29 is 14.3 Å². The van der Waals surface area contributed by atoms with E-state index in [1.807, 2.05) is 48.5 Å². The van der Waals surface area contributed by atoms with Crippen LogP contribution in [-0.4, -0.2) is 24.5 Å². The second-order valence-electron chi connectivity index (χ2n) is 5.84. The normalized spacial score (nSPS) is 14.4. The highest BCUT2D eigenvalue weighted by molar-refractivity contribution is 9.10. The third-order valence-electron chi connectivity index (χ3n) is 4.05. The maximum atomic E-state index is 12.6. The number of nitrogens with zero attached hydrogens (tertiary/aromatic N) is 1. The maximum Gasteiger partial charge on any atom is 0.331 e. The van der Waals surface area contributed by atoms with Crippen LogP contribution in [0.1, 0.15) is 18.1 Å². The molecule has 2 aromatic carbocycles. The first-order valence-corrected chi connectivity index (χ1v) is 8.87. The molecule has 0 aromatic heterocycles. The zero-order chi connectivity index (χ0) is 17.8. The Balaban J connectivity index is 1.61. The van der Waals surface area contributed by atoms with Crippen molar-refractivity contribution >= 4 is 39.6 Å². The summed E-state index contributed by atoms with van der Waals surface area (Å²) < 4.78 is 6.19. The molecule has 1 amide bonds. The van der Waals surface area contributed by atoms with Crippen LogP contribution < -0.4 is 4.90 Å².